The summed E-state index contributed by atoms with van der Waals surface area (Å²) in [6.45, 7) is 4.09. The van der Waals surface area contributed by atoms with E-state index in [1.807, 2.05) is 56.3 Å². The molecule has 0 radical (unpaired) electrons. The second kappa shape index (κ2) is 6.92. The second-order valence-electron chi connectivity index (χ2n) is 6.20. The van der Waals surface area contributed by atoms with Crippen LogP contribution in [-0.2, 0) is 11.3 Å². The third kappa shape index (κ3) is 3.10. The number of hydrogen-bond acceptors (Lipinski definition) is 5. The highest BCUT2D eigenvalue weighted by atomic mass is 32.1. The lowest BCUT2D eigenvalue weighted by molar-refractivity contribution is -0.119. The van der Waals surface area contributed by atoms with Gasteiger partial charge < -0.3 is 0 Å². The van der Waals surface area contributed by atoms with Crippen molar-refractivity contribution in [2.45, 2.75) is 20.4 Å². The van der Waals surface area contributed by atoms with E-state index in [1.54, 1.807) is 11.0 Å². The van der Waals surface area contributed by atoms with Crippen molar-refractivity contribution in [3.05, 3.63) is 64.6 Å². The average Bonchev–Trinajstić information content (AvgIpc) is 3.10. The van der Waals surface area contributed by atoms with E-state index in [9.17, 15) is 9.59 Å². The van der Waals surface area contributed by atoms with Gasteiger partial charge in [-0.3, -0.25) is 14.5 Å². The smallest absolute Gasteiger partial charge is 0.275 e. The molecule has 0 aliphatic carbocycles. The van der Waals surface area contributed by atoms with Crippen molar-refractivity contribution in [3.63, 3.8) is 0 Å². The van der Waals surface area contributed by atoms with Gasteiger partial charge in [0, 0.05) is 11.9 Å². The number of anilines is 1. The van der Waals surface area contributed by atoms with Gasteiger partial charge in [-0.1, -0.05) is 41.7 Å². The number of benzene rings is 2. The van der Waals surface area contributed by atoms with Crippen molar-refractivity contribution >= 4 is 43.4 Å². The van der Waals surface area contributed by atoms with E-state index in [4.69, 9.17) is 0 Å². The number of fused-ring (bicyclic) bond motifs is 2. The van der Waals surface area contributed by atoms with Gasteiger partial charge in [-0.25, -0.2) is 9.67 Å². The first-order valence-corrected chi connectivity index (χ1v) is 9.52. The molecule has 27 heavy (non-hydrogen) atoms. The lowest BCUT2D eigenvalue weighted by Gasteiger charge is -2.18. The minimum atomic E-state index is -0.259. The number of rotatable bonds is 4. The molecule has 0 atom stereocenters. The number of carbonyl (C=O) groups is 1. The first-order chi connectivity index (χ1) is 13.1. The Bertz CT molecular complexity index is 1180. The van der Waals surface area contributed by atoms with E-state index in [1.165, 1.54) is 16.0 Å². The van der Waals surface area contributed by atoms with Gasteiger partial charge in [0.15, 0.2) is 5.13 Å². The summed E-state index contributed by atoms with van der Waals surface area (Å²) in [7, 11) is 0. The van der Waals surface area contributed by atoms with Crippen molar-refractivity contribution in [2.75, 3.05) is 11.4 Å². The Hall–Kier alpha value is -3.06. The van der Waals surface area contributed by atoms with Crippen molar-refractivity contribution in [2.24, 2.45) is 0 Å². The maximum atomic E-state index is 12.9. The van der Waals surface area contributed by atoms with Crippen LogP contribution in [0.25, 0.3) is 21.0 Å². The van der Waals surface area contributed by atoms with Crippen LogP contribution in [0.2, 0.25) is 0 Å². The molecule has 4 aromatic rings. The van der Waals surface area contributed by atoms with E-state index >= 15 is 0 Å². The number of aromatic nitrogens is 3. The summed E-state index contributed by atoms with van der Waals surface area (Å²) < 4.78 is 2.27. The topological polar surface area (TPSA) is 68.1 Å². The molecule has 0 saturated heterocycles. The Morgan fingerprint density at radius 3 is 2.56 bits per heavy atom. The number of para-hydroxylation sites is 1. The van der Waals surface area contributed by atoms with Gasteiger partial charge in [0.25, 0.3) is 11.5 Å². The summed E-state index contributed by atoms with van der Waals surface area (Å²) in [6.07, 6.45) is 0. The predicted octanol–water partition coefficient (Wildman–Crippen LogP) is 3.37. The molecule has 0 fully saturated rings. The third-order valence-electron chi connectivity index (χ3n) is 4.47. The quantitative estimate of drug-likeness (QED) is 0.546. The Balaban J connectivity index is 1.69. The lowest BCUT2D eigenvalue weighted by Crippen LogP contribution is -2.37. The molecule has 1 amide bonds. The van der Waals surface area contributed by atoms with Crippen molar-refractivity contribution in [1.82, 2.24) is 14.8 Å². The van der Waals surface area contributed by atoms with Gasteiger partial charge in [-0.15, -0.1) is 0 Å². The number of nitrogens with zero attached hydrogens (tertiary/aromatic N) is 4. The summed E-state index contributed by atoms with van der Waals surface area (Å²) in [5.74, 6) is -0.208. The van der Waals surface area contributed by atoms with E-state index < -0.39 is 0 Å². The zero-order valence-electron chi connectivity index (χ0n) is 15.0. The van der Waals surface area contributed by atoms with Crippen molar-refractivity contribution < 1.29 is 4.79 Å². The zero-order valence-corrected chi connectivity index (χ0v) is 15.9. The summed E-state index contributed by atoms with van der Waals surface area (Å²) in [4.78, 5) is 31.8. The molecule has 136 valence electrons. The maximum Gasteiger partial charge on any atom is 0.275 e. The maximum absolute atomic E-state index is 12.9. The minimum Gasteiger partial charge on any atom is -0.287 e. The molecule has 2 heterocycles. The van der Waals surface area contributed by atoms with Crippen molar-refractivity contribution in [1.29, 1.82) is 0 Å². The number of hydrogen-bond donors (Lipinski definition) is 0. The van der Waals surface area contributed by atoms with Gasteiger partial charge in [0.2, 0.25) is 0 Å². The molecule has 0 aliphatic rings. The van der Waals surface area contributed by atoms with Crippen LogP contribution in [0.1, 0.15) is 12.6 Å². The van der Waals surface area contributed by atoms with Crippen LogP contribution in [0.3, 0.4) is 0 Å². The molecule has 6 nitrogen and oxygen atoms in total. The Kier molecular flexibility index (Phi) is 4.45. The first kappa shape index (κ1) is 17.4. The first-order valence-electron chi connectivity index (χ1n) is 8.71. The highest BCUT2D eigenvalue weighted by Crippen LogP contribution is 2.28. The summed E-state index contributed by atoms with van der Waals surface area (Å²) in [6, 6.07) is 15.1. The third-order valence-corrected chi connectivity index (χ3v) is 5.53. The van der Waals surface area contributed by atoms with E-state index in [0.29, 0.717) is 17.1 Å². The average molecular weight is 378 g/mol. The highest BCUT2D eigenvalue weighted by Gasteiger charge is 2.20. The zero-order chi connectivity index (χ0) is 19.0. The van der Waals surface area contributed by atoms with E-state index in [2.05, 4.69) is 10.1 Å². The van der Waals surface area contributed by atoms with Crippen LogP contribution in [0.4, 0.5) is 5.13 Å². The number of carbonyl (C=O) groups excluding carboxylic acids is 1. The minimum absolute atomic E-state index is 0.117. The number of thiazole rings is 1. The molecule has 2 aromatic carbocycles. The molecule has 4 rings (SSSR count). The largest absolute Gasteiger partial charge is 0.287 e. The molecule has 0 unspecified atom stereocenters. The summed E-state index contributed by atoms with van der Waals surface area (Å²) in [5, 5.41) is 6.35. The molecular weight excluding hydrogens is 360 g/mol. The Morgan fingerprint density at radius 2 is 1.81 bits per heavy atom. The predicted molar refractivity (Wildman–Crippen MR) is 108 cm³/mol. The van der Waals surface area contributed by atoms with Gasteiger partial charge in [-0.05, 0) is 32.0 Å². The lowest BCUT2D eigenvalue weighted by atomic mass is 10.1. The van der Waals surface area contributed by atoms with Crippen LogP contribution in [0.5, 0.6) is 0 Å². The van der Waals surface area contributed by atoms with Gasteiger partial charge >= 0.3 is 0 Å². The number of aryl methyl sites for hydroxylation is 1. The molecule has 0 N–H and O–H groups in total. The van der Waals surface area contributed by atoms with Crippen molar-refractivity contribution in [3.8, 4) is 0 Å². The monoisotopic (exact) mass is 378 g/mol. The van der Waals surface area contributed by atoms with Crippen LogP contribution in [0, 0.1) is 6.92 Å². The SMILES string of the molecule is CCN(C(=O)Cn1nc(C)c2ccccc2c1=O)c1nc2ccccc2s1. The van der Waals surface area contributed by atoms with Crippen LogP contribution in [-0.4, -0.2) is 27.2 Å². The second-order valence-corrected chi connectivity index (χ2v) is 7.21. The molecule has 7 heteroatoms. The molecule has 0 bridgehead atoms. The van der Waals surface area contributed by atoms with Crippen LogP contribution in [0.15, 0.2) is 53.3 Å². The van der Waals surface area contributed by atoms with E-state index in [-0.39, 0.29) is 18.0 Å². The fraction of sp³-hybridized carbons (Fsp3) is 0.200. The molecule has 0 saturated carbocycles. The van der Waals surface area contributed by atoms with Gasteiger partial charge in [-0.2, -0.15) is 5.10 Å². The molecule has 0 spiro atoms. The highest BCUT2D eigenvalue weighted by molar-refractivity contribution is 7.22. The standard InChI is InChI=1S/C20H18N4O2S/c1-3-23(20-21-16-10-6-7-11-17(16)27-20)18(25)12-24-19(26)15-9-5-4-8-14(15)13(2)22-24/h4-11H,3,12H2,1-2H3. The van der Waals surface area contributed by atoms with Crippen LogP contribution < -0.4 is 10.5 Å². The number of likely N-dealkylation sites (N-methyl/N-ethyl adjacent to an activating group) is 1. The van der Waals surface area contributed by atoms with Crippen LogP contribution >= 0.6 is 11.3 Å². The molecule has 2 aromatic heterocycles. The van der Waals surface area contributed by atoms with Gasteiger partial charge in [0.05, 0.1) is 21.3 Å². The Labute approximate surface area is 159 Å². The normalized spacial score (nSPS) is 11.2. The fourth-order valence-electron chi connectivity index (χ4n) is 3.12. The van der Waals surface area contributed by atoms with E-state index in [0.717, 1.165) is 21.3 Å². The molecule has 0 aliphatic heterocycles. The number of amides is 1. The summed E-state index contributed by atoms with van der Waals surface area (Å²) >= 11 is 1.46. The Morgan fingerprint density at radius 1 is 1.11 bits per heavy atom. The van der Waals surface area contributed by atoms with Gasteiger partial charge in [0.1, 0.15) is 6.54 Å². The molecular formula is C20H18N4O2S. The summed E-state index contributed by atoms with van der Waals surface area (Å²) in [5.41, 5.74) is 1.33. The fourth-order valence-corrected chi connectivity index (χ4v) is 4.17.